The van der Waals surface area contributed by atoms with Crippen molar-refractivity contribution in [3.63, 3.8) is 0 Å². The van der Waals surface area contributed by atoms with Gasteiger partial charge in [0.2, 0.25) is 0 Å². The van der Waals surface area contributed by atoms with E-state index in [4.69, 9.17) is 16.6 Å². The summed E-state index contributed by atoms with van der Waals surface area (Å²) in [5.41, 5.74) is 5.16. The lowest BCUT2D eigenvalue weighted by atomic mass is 10.2. The first-order chi connectivity index (χ1) is 6.49. The number of unbranched alkanes of at least 4 members (excludes halogenated alkanes) is 1. The minimum atomic E-state index is -0.183. The Morgan fingerprint density at radius 3 is 2.27 bits per heavy atom. The fraction of sp³-hybridized carbons (Fsp3) is 0.778. The molecule has 0 unspecified atom stereocenters. The van der Waals surface area contributed by atoms with Crippen LogP contribution >= 0.6 is 12.4 Å². The molecule has 0 saturated heterocycles. The highest BCUT2D eigenvalue weighted by Crippen LogP contribution is 2.00. The molecule has 0 spiro atoms. The number of guanidine groups is 2. The summed E-state index contributed by atoms with van der Waals surface area (Å²) in [4.78, 5) is 1.89. The summed E-state index contributed by atoms with van der Waals surface area (Å²) in [6.07, 6.45) is 2.14. The Bertz CT molecular complexity index is 205. The summed E-state index contributed by atoms with van der Waals surface area (Å²) in [5, 5.41) is 17.2. The van der Waals surface area contributed by atoms with Gasteiger partial charge in [-0.05, 0) is 20.3 Å². The van der Waals surface area contributed by atoms with Gasteiger partial charge in [0.25, 0.3) is 0 Å². The fourth-order valence-corrected chi connectivity index (χ4v) is 1.16. The van der Waals surface area contributed by atoms with Crippen molar-refractivity contribution in [3.8, 4) is 0 Å². The zero-order valence-corrected chi connectivity index (χ0v) is 10.4. The Hall–Kier alpha value is -0.970. The number of nitrogens with zero attached hydrogens (tertiary/aromatic N) is 1. The van der Waals surface area contributed by atoms with Crippen molar-refractivity contribution in [2.75, 3.05) is 6.54 Å². The molecule has 0 aliphatic rings. The second-order valence-electron chi connectivity index (χ2n) is 3.53. The maximum Gasteiger partial charge on any atom is 0.198 e. The van der Waals surface area contributed by atoms with E-state index in [1.807, 2.05) is 18.7 Å². The molecule has 0 rings (SSSR count). The van der Waals surface area contributed by atoms with Crippen molar-refractivity contribution in [1.29, 1.82) is 10.8 Å². The highest BCUT2D eigenvalue weighted by atomic mass is 35.5. The van der Waals surface area contributed by atoms with Crippen LogP contribution in [0.1, 0.15) is 33.6 Å². The van der Waals surface area contributed by atoms with Crippen molar-refractivity contribution in [2.45, 2.75) is 39.7 Å². The number of rotatable bonds is 4. The number of nitrogens with two attached hydrogens (primary N) is 1. The Balaban J connectivity index is 0. The molecule has 0 fully saturated rings. The van der Waals surface area contributed by atoms with Crippen molar-refractivity contribution >= 4 is 24.3 Å². The third-order valence-electron chi connectivity index (χ3n) is 1.92. The zero-order chi connectivity index (χ0) is 11.1. The Kier molecular flexibility index (Phi) is 9.16. The van der Waals surface area contributed by atoms with Crippen molar-refractivity contribution < 1.29 is 0 Å². The van der Waals surface area contributed by atoms with Crippen LogP contribution in [0, 0.1) is 10.8 Å². The third kappa shape index (κ3) is 7.02. The Morgan fingerprint density at radius 2 is 1.93 bits per heavy atom. The van der Waals surface area contributed by atoms with E-state index in [1.54, 1.807) is 0 Å². The molecule has 0 heterocycles. The average molecular weight is 236 g/mol. The van der Waals surface area contributed by atoms with Crippen LogP contribution in [0.4, 0.5) is 0 Å². The van der Waals surface area contributed by atoms with E-state index in [0.717, 1.165) is 19.4 Å². The molecule has 0 aliphatic carbocycles. The quantitative estimate of drug-likeness (QED) is 0.438. The average Bonchev–Trinajstić information content (AvgIpc) is 2.02. The molecule has 0 aromatic rings. The van der Waals surface area contributed by atoms with Crippen LogP contribution in [0.3, 0.4) is 0 Å². The van der Waals surface area contributed by atoms with Gasteiger partial charge < -0.3 is 10.6 Å². The second-order valence-corrected chi connectivity index (χ2v) is 3.53. The first kappa shape index (κ1) is 16.5. The standard InChI is InChI=1S/C9H21N5.ClH/c1-4-5-6-14(7(2)3)9(12)13-8(10)11;/h7H,4-6H2,1-3H3,(H5,10,11,12,13);1H. The molecule has 0 aromatic heterocycles. The topological polar surface area (TPSA) is 89.0 Å². The van der Waals surface area contributed by atoms with Gasteiger partial charge in [0, 0.05) is 12.6 Å². The summed E-state index contributed by atoms with van der Waals surface area (Å²) in [6, 6.07) is 0.251. The largest absolute Gasteiger partial charge is 0.370 e. The molecule has 0 amide bonds. The van der Waals surface area contributed by atoms with Crippen LogP contribution < -0.4 is 11.1 Å². The molecule has 5 nitrogen and oxygen atoms in total. The molecule has 0 atom stereocenters. The zero-order valence-electron chi connectivity index (χ0n) is 9.63. The summed E-state index contributed by atoms with van der Waals surface area (Å²) >= 11 is 0. The van der Waals surface area contributed by atoms with E-state index < -0.39 is 0 Å². The van der Waals surface area contributed by atoms with E-state index >= 15 is 0 Å². The predicted molar refractivity (Wildman–Crippen MR) is 66.8 cm³/mol. The molecule has 6 heteroatoms. The molecule has 0 aromatic carbocycles. The van der Waals surface area contributed by atoms with Gasteiger partial charge in [0.15, 0.2) is 11.9 Å². The minimum absolute atomic E-state index is 0. The van der Waals surface area contributed by atoms with Crippen LogP contribution in [0.15, 0.2) is 0 Å². The minimum Gasteiger partial charge on any atom is -0.370 e. The van der Waals surface area contributed by atoms with Crippen LogP contribution in [0.5, 0.6) is 0 Å². The molecule has 90 valence electrons. The molecule has 15 heavy (non-hydrogen) atoms. The highest BCUT2D eigenvalue weighted by molar-refractivity contribution is 5.94. The number of hydrogen-bond acceptors (Lipinski definition) is 2. The van der Waals surface area contributed by atoms with Gasteiger partial charge in [0.05, 0.1) is 0 Å². The lowest BCUT2D eigenvalue weighted by Gasteiger charge is -2.28. The monoisotopic (exact) mass is 235 g/mol. The highest BCUT2D eigenvalue weighted by Gasteiger charge is 2.12. The SMILES string of the molecule is CCCCN(C(=N)NC(=N)N)C(C)C.Cl. The first-order valence-electron chi connectivity index (χ1n) is 4.95. The number of hydrogen-bond donors (Lipinski definition) is 4. The van der Waals surface area contributed by atoms with Crippen LogP contribution in [0.25, 0.3) is 0 Å². The summed E-state index contributed by atoms with van der Waals surface area (Å²) in [6.45, 7) is 6.98. The van der Waals surface area contributed by atoms with Crippen LogP contribution in [-0.4, -0.2) is 29.4 Å². The molecule has 0 bridgehead atoms. The summed E-state index contributed by atoms with van der Waals surface area (Å²) in [7, 11) is 0. The van der Waals surface area contributed by atoms with Gasteiger partial charge in [-0.1, -0.05) is 13.3 Å². The van der Waals surface area contributed by atoms with E-state index in [9.17, 15) is 0 Å². The molecular formula is C9H22ClN5. The van der Waals surface area contributed by atoms with Gasteiger partial charge in [-0.15, -0.1) is 12.4 Å². The molecule has 0 aliphatic heterocycles. The van der Waals surface area contributed by atoms with Gasteiger partial charge in [0.1, 0.15) is 0 Å². The van der Waals surface area contributed by atoms with E-state index in [0.29, 0.717) is 0 Å². The summed E-state index contributed by atoms with van der Waals surface area (Å²) in [5.74, 6) is 0.0260. The van der Waals surface area contributed by atoms with Gasteiger partial charge in [-0.3, -0.25) is 16.1 Å². The van der Waals surface area contributed by atoms with E-state index in [1.165, 1.54) is 0 Å². The van der Waals surface area contributed by atoms with Gasteiger partial charge in [-0.2, -0.15) is 0 Å². The van der Waals surface area contributed by atoms with Crippen LogP contribution in [0.2, 0.25) is 0 Å². The lowest BCUT2D eigenvalue weighted by Crippen LogP contribution is -2.49. The first-order valence-corrected chi connectivity index (χ1v) is 4.95. The summed E-state index contributed by atoms with van der Waals surface area (Å²) < 4.78 is 0. The maximum absolute atomic E-state index is 7.68. The molecular weight excluding hydrogens is 214 g/mol. The Morgan fingerprint density at radius 1 is 1.40 bits per heavy atom. The maximum atomic E-state index is 7.68. The third-order valence-corrected chi connectivity index (χ3v) is 1.92. The predicted octanol–water partition coefficient (Wildman–Crippen LogP) is 1.34. The molecule has 0 radical (unpaired) electrons. The van der Waals surface area contributed by atoms with Crippen LogP contribution in [-0.2, 0) is 0 Å². The Labute approximate surface area is 97.8 Å². The van der Waals surface area contributed by atoms with Crippen molar-refractivity contribution in [2.24, 2.45) is 5.73 Å². The van der Waals surface area contributed by atoms with E-state index in [2.05, 4.69) is 12.2 Å². The van der Waals surface area contributed by atoms with Gasteiger partial charge >= 0.3 is 0 Å². The lowest BCUT2D eigenvalue weighted by molar-refractivity contribution is 0.334. The van der Waals surface area contributed by atoms with E-state index in [-0.39, 0.29) is 30.4 Å². The number of nitrogens with one attached hydrogen (secondary N) is 3. The second kappa shape index (κ2) is 8.35. The normalized spacial score (nSPS) is 9.33. The molecule has 5 N–H and O–H groups in total. The van der Waals surface area contributed by atoms with Crippen molar-refractivity contribution in [1.82, 2.24) is 10.2 Å². The smallest absolute Gasteiger partial charge is 0.198 e. The van der Waals surface area contributed by atoms with Gasteiger partial charge in [-0.25, -0.2) is 0 Å². The molecule has 0 saturated carbocycles. The van der Waals surface area contributed by atoms with Crippen molar-refractivity contribution in [3.05, 3.63) is 0 Å². The number of halogens is 1. The fourth-order valence-electron chi connectivity index (χ4n) is 1.16.